The molecule has 0 radical (unpaired) electrons. The molecule has 24 heavy (non-hydrogen) atoms. The van der Waals surface area contributed by atoms with Crippen LogP contribution in [0, 0.1) is 6.92 Å². The highest BCUT2D eigenvalue weighted by Gasteiger charge is 2.21. The summed E-state index contributed by atoms with van der Waals surface area (Å²) in [6.45, 7) is 4.38. The van der Waals surface area contributed by atoms with Crippen molar-refractivity contribution in [2.75, 3.05) is 0 Å². The molecule has 1 N–H and O–H groups in total. The van der Waals surface area contributed by atoms with Crippen molar-refractivity contribution in [1.29, 1.82) is 0 Å². The van der Waals surface area contributed by atoms with Crippen molar-refractivity contribution in [3.8, 4) is 5.69 Å². The van der Waals surface area contributed by atoms with Crippen molar-refractivity contribution in [3.63, 3.8) is 0 Å². The van der Waals surface area contributed by atoms with Gasteiger partial charge in [-0.1, -0.05) is 31.5 Å². The number of para-hydroxylation sites is 1. The van der Waals surface area contributed by atoms with Crippen LogP contribution in [0.4, 0.5) is 0 Å². The van der Waals surface area contributed by atoms with Gasteiger partial charge in [0.15, 0.2) is 0 Å². The predicted molar refractivity (Wildman–Crippen MR) is 92.2 cm³/mol. The maximum absolute atomic E-state index is 12.7. The number of carbonyl (C=O) groups excluding carboxylic acids is 1. The summed E-state index contributed by atoms with van der Waals surface area (Å²) in [7, 11) is 0. The van der Waals surface area contributed by atoms with E-state index in [-0.39, 0.29) is 5.91 Å². The van der Waals surface area contributed by atoms with E-state index in [4.69, 9.17) is 4.42 Å². The number of aromatic nitrogens is 2. The number of aryl methyl sites for hydroxylation is 1. The van der Waals surface area contributed by atoms with Gasteiger partial charge in [-0.25, -0.2) is 4.68 Å². The predicted octanol–water partition coefficient (Wildman–Crippen LogP) is 3.66. The summed E-state index contributed by atoms with van der Waals surface area (Å²) < 4.78 is 7.11. The van der Waals surface area contributed by atoms with Gasteiger partial charge in [0.05, 0.1) is 35.4 Å². The van der Waals surface area contributed by atoms with Crippen molar-refractivity contribution in [3.05, 3.63) is 71.4 Å². The standard InChI is InChI=1S/C19H21N3O2/c1-3-8-17-18(19(23)20-13-16-11-7-12-24-16)14(2)22(21-17)15-9-5-4-6-10-15/h4-7,9-12H,3,8,13H2,1-2H3,(H,20,23). The van der Waals surface area contributed by atoms with Gasteiger partial charge in [-0.15, -0.1) is 0 Å². The summed E-state index contributed by atoms with van der Waals surface area (Å²) >= 11 is 0. The second kappa shape index (κ2) is 7.17. The second-order valence-corrected chi connectivity index (χ2v) is 5.67. The first-order valence-corrected chi connectivity index (χ1v) is 8.15. The Morgan fingerprint density at radius 1 is 1.21 bits per heavy atom. The smallest absolute Gasteiger partial charge is 0.255 e. The lowest BCUT2D eigenvalue weighted by Gasteiger charge is -2.06. The van der Waals surface area contributed by atoms with Gasteiger partial charge in [-0.05, 0) is 37.6 Å². The molecule has 0 saturated carbocycles. The largest absolute Gasteiger partial charge is 0.467 e. The van der Waals surface area contributed by atoms with E-state index < -0.39 is 0 Å². The summed E-state index contributed by atoms with van der Waals surface area (Å²) in [5.41, 5.74) is 3.29. The molecule has 1 amide bonds. The molecule has 0 unspecified atom stereocenters. The van der Waals surface area contributed by atoms with Gasteiger partial charge >= 0.3 is 0 Å². The van der Waals surface area contributed by atoms with Crippen molar-refractivity contribution >= 4 is 5.91 Å². The molecule has 5 nitrogen and oxygen atoms in total. The number of furan rings is 1. The Morgan fingerprint density at radius 3 is 2.67 bits per heavy atom. The minimum absolute atomic E-state index is 0.116. The first kappa shape index (κ1) is 16.1. The summed E-state index contributed by atoms with van der Waals surface area (Å²) in [5.74, 6) is 0.614. The van der Waals surface area contributed by atoms with E-state index in [1.165, 1.54) is 0 Å². The lowest BCUT2D eigenvalue weighted by molar-refractivity contribution is 0.0946. The molecule has 0 spiro atoms. The maximum atomic E-state index is 12.7. The molecule has 3 aromatic rings. The van der Waals surface area contributed by atoms with Crippen molar-refractivity contribution in [2.24, 2.45) is 0 Å². The Bertz CT molecular complexity index is 805. The van der Waals surface area contributed by atoms with Crippen molar-refractivity contribution in [2.45, 2.75) is 33.2 Å². The van der Waals surface area contributed by atoms with E-state index in [1.54, 1.807) is 6.26 Å². The lowest BCUT2D eigenvalue weighted by atomic mass is 10.1. The average molecular weight is 323 g/mol. The molecule has 124 valence electrons. The molecular formula is C19H21N3O2. The number of benzene rings is 1. The molecule has 1 aromatic carbocycles. The first-order valence-electron chi connectivity index (χ1n) is 8.15. The lowest BCUT2D eigenvalue weighted by Crippen LogP contribution is -2.24. The van der Waals surface area contributed by atoms with Crippen LogP contribution in [0.5, 0.6) is 0 Å². The number of nitrogens with zero attached hydrogens (tertiary/aromatic N) is 2. The van der Waals surface area contributed by atoms with Crippen LogP contribution in [-0.2, 0) is 13.0 Å². The summed E-state index contributed by atoms with van der Waals surface area (Å²) in [5, 5.41) is 7.59. The van der Waals surface area contributed by atoms with Crippen molar-refractivity contribution < 1.29 is 9.21 Å². The number of rotatable bonds is 6. The Hall–Kier alpha value is -2.82. The molecule has 0 aliphatic heterocycles. The Labute approximate surface area is 141 Å². The molecule has 2 aromatic heterocycles. The number of hydrogen-bond acceptors (Lipinski definition) is 3. The van der Waals surface area contributed by atoms with Crippen molar-refractivity contribution in [1.82, 2.24) is 15.1 Å². The molecule has 3 rings (SSSR count). The zero-order valence-electron chi connectivity index (χ0n) is 14.0. The number of nitrogens with one attached hydrogen (secondary N) is 1. The maximum Gasteiger partial charge on any atom is 0.255 e. The molecule has 0 bridgehead atoms. The molecule has 0 aliphatic rings. The third-order valence-corrected chi connectivity index (χ3v) is 3.91. The van der Waals surface area contributed by atoms with Gasteiger partial charge < -0.3 is 9.73 Å². The minimum atomic E-state index is -0.116. The molecule has 0 atom stereocenters. The van der Waals surface area contributed by atoms with Gasteiger partial charge in [0.2, 0.25) is 0 Å². The topological polar surface area (TPSA) is 60.1 Å². The summed E-state index contributed by atoms with van der Waals surface area (Å²) in [6.07, 6.45) is 3.30. The second-order valence-electron chi connectivity index (χ2n) is 5.67. The van der Waals surface area contributed by atoms with Gasteiger partial charge in [0, 0.05) is 0 Å². The van der Waals surface area contributed by atoms with Crippen LogP contribution < -0.4 is 5.32 Å². The fourth-order valence-corrected chi connectivity index (χ4v) is 2.76. The number of hydrogen-bond donors (Lipinski definition) is 1. The third kappa shape index (κ3) is 3.25. The highest BCUT2D eigenvalue weighted by atomic mass is 16.3. The van der Waals surface area contributed by atoms with Crippen LogP contribution in [0.3, 0.4) is 0 Å². The molecule has 0 aliphatic carbocycles. The van der Waals surface area contributed by atoms with Gasteiger partial charge in [-0.2, -0.15) is 5.10 Å². The van der Waals surface area contributed by atoms with E-state index in [1.807, 2.05) is 54.1 Å². The fourth-order valence-electron chi connectivity index (χ4n) is 2.76. The molecule has 2 heterocycles. The van der Waals surface area contributed by atoms with E-state index in [0.717, 1.165) is 35.7 Å². The van der Waals surface area contributed by atoms with E-state index in [0.29, 0.717) is 12.1 Å². The normalized spacial score (nSPS) is 10.8. The molecular weight excluding hydrogens is 302 g/mol. The zero-order valence-corrected chi connectivity index (χ0v) is 14.0. The SMILES string of the molecule is CCCc1nn(-c2ccccc2)c(C)c1C(=O)NCc1ccco1. The van der Waals surface area contributed by atoms with Crippen LogP contribution in [0.1, 0.15) is 40.9 Å². The van der Waals surface area contributed by atoms with Crippen LogP contribution in [0.2, 0.25) is 0 Å². The van der Waals surface area contributed by atoms with Gasteiger partial charge in [-0.3, -0.25) is 4.79 Å². The quantitative estimate of drug-likeness (QED) is 0.753. The third-order valence-electron chi connectivity index (χ3n) is 3.91. The zero-order chi connectivity index (χ0) is 16.9. The molecule has 0 saturated heterocycles. The van der Waals surface area contributed by atoms with E-state index in [2.05, 4.69) is 17.3 Å². The Kier molecular flexibility index (Phi) is 4.79. The molecule has 5 heteroatoms. The Balaban J connectivity index is 1.90. The van der Waals surface area contributed by atoms with Crippen LogP contribution in [0.15, 0.2) is 53.1 Å². The summed E-state index contributed by atoms with van der Waals surface area (Å²) in [6, 6.07) is 13.5. The summed E-state index contributed by atoms with van der Waals surface area (Å²) in [4.78, 5) is 12.7. The Morgan fingerprint density at radius 2 is 2.00 bits per heavy atom. The monoisotopic (exact) mass is 323 g/mol. The van der Waals surface area contributed by atoms with Crippen LogP contribution in [0.25, 0.3) is 5.69 Å². The van der Waals surface area contributed by atoms with E-state index >= 15 is 0 Å². The minimum Gasteiger partial charge on any atom is -0.467 e. The van der Waals surface area contributed by atoms with Gasteiger partial charge in [0.25, 0.3) is 5.91 Å². The average Bonchev–Trinajstić information content (AvgIpc) is 3.22. The van der Waals surface area contributed by atoms with Gasteiger partial charge in [0.1, 0.15) is 5.76 Å². The highest BCUT2D eigenvalue weighted by Crippen LogP contribution is 2.20. The number of amides is 1. The van der Waals surface area contributed by atoms with Crippen LogP contribution >= 0.6 is 0 Å². The highest BCUT2D eigenvalue weighted by molar-refractivity contribution is 5.96. The fraction of sp³-hybridized carbons (Fsp3) is 0.263. The first-order chi connectivity index (χ1) is 11.7. The molecule has 0 fully saturated rings. The van der Waals surface area contributed by atoms with Crippen LogP contribution in [-0.4, -0.2) is 15.7 Å². The van der Waals surface area contributed by atoms with E-state index in [9.17, 15) is 4.79 Å². The number of carbonyl (C=O) groups is 1.